The van der Waals surface area contributed by atoms with Gasteiger partial charge in [0.15, 0.2) is 5.82 Å². The summed E-state index contributed by atoms with van der Waals surface area (Å²) in [6, 6.07) is 12.1. The smallest absolute Gasteiger partial charge is 0.239 e. The van der Waals surface area contributed by atoms with Crippen LogP contribution in [0.15, 0.2) is 40.9 Å². The maximum atomic E-state index is 11.8. The second-order valence-electron chi connectivity index (χ2n) is 5.24. The van der Waals surface area contributed by atoms with Crippen LogP contribution in [0.4, 0.5) is 5.82 Å². The SMILES string of the molecule is Cc1cc(NC(=O)CNC(C)C(C)c2ccccc2)no1. The number of nitrogens with zero attached hydrogens (tertiary/aromatic N) is 1. The summed E-state index contributed by atoms with van der Waals surface area (Å²) < 4.78 is 4.90. The molecule has 0 radical (unpaired) electrons. The average Bonchev–Trinajstić information content (AvgIpc) is 2.90. The largest absolute Gasteiger partial charge is 0.360 e. The van der Waals surface area contributed by atoms with Crippen molar-refractivity contribution in [2.75, 3.05) is 11.9 Å². The normalized spacial score (nSPS) is 13.7. The summed E-state index contributed by atoms with van der Waals surface area (Å²) in [4.78, 5) is 11.8. The number of rotatable bonds is 6. The highest BCUT2D eigenvalue weighted by atomic mass is 16.5. The van der Waals surface area contributed by atoms with Gasteiger partial charge >= 0.3 is 0 Å². The lowest BCUT2D eigenvalue weighted by molar-refractivity contribution is -0.115. The van der Waals surface area contributed by atoms with E-state index in [0.717, 1.165) is 0 Å². The number of carbonyl (C=O) groups is 1. The summed E-state index contributed by atoms with van der Waals surface area (Å²) in [6.07, 6.45) is 0. The fraction of sp³-hybridized carbons (Fsp3) is 0.375. The van der Waals surface area contributed by atoms with Gasteiger partial charge in [-0.3, -0.25) is 4.79 Å². The van der Waals surface area contributed by atoms with Crippen molar-refractivity contribution in [2.45, 2.75) is 32.7 Å². The molecule has 2 aromatic rings. The van der Waals surface area contributed by atoms with Gasteiger partial charge in [0.05, 0.1) is 6.54 Å². The number of carbonyl (C=O) groups excluding carboxylic acids is 1. The lowest BCUT2D eigenvalue weighted by Gasteiger charge is -2.21. The number of benzene rings is 1. The van der Waals surface area contributed by atoms with Gasteiger partial charge in [-0.05, 0) is 25.3 Å². The monoisotopic (exact) mass is 287 g/mol. The molecule has 0 bridgehead atoms. The summed E-state index contributed by atoms with van der Waals surface area (Å²) in [5, 5.41) is 9.66. The average molecular weight is 287 g/mol. The highest BCUT2D eigenvalue weighted by molar-refractivity contribution is 5.91. The Balaban J connectivity index is 1.80. The van der Waals surface area contributed by atoms with Crippen molar-refractivity contribution in [1.29, 1.82) is 0 Å². The second kappa shape index (κ2) is 7.04. The van der Waals surface area contributed by atoms with Crippen molar-refractivity contribution in [1.82, 2.24) is 10.5 Å². The molecule has 0 aliphatic heterocycles. The van der Waals surface area contributed by atoms with Crippen LogP contribution < -0.4 is 10.6 Å². The molecular weight excluding hydrogens is 266 g/mol. The first-order chi connectivity index (χ1) is 10.1. The molecule has 1 aromatic heterocycles. The molecule has 5 heteroatoms. The van der Waals surface area contributed by atoms with Crippen molar-refractivity contribution in [3.8, 4) is 0 Å². The topological polar surface area (TPSA) is 67.2 Å². The van der Waals surface area contributed by atoms with Gasteiger partial charge in [0.25, 0.3) is 0 Å². The Kier molecular flexibility index (Phi) is 5.11. The Bertz CT molecular complexity index is 580. The fourth-order valence-electron chi connectivity index (χ4n) is 2.09. The molecule has 5 nitrogen and oxygen atoms in total. The zero-order valence-corrected chi connectivity index (χ0v) is 12.6. The maximum absolute atomic E-state index is 11.8. The van der Waals surface area contributed by atoms with Crippen LogP contribution >= 0.6 is 0 Å². The quantitative estimate of drug-likeness (QED) is 0.857. The zero-order chi connectivity index (χ0) is 15.2. The molecule has 0 aliphatic rings. The van der Waals surface area contributed by atoms with E-state index in [-0.39, 0.29) is 18.5 Å². The number of amides is 1. The molecule has 2 N–H and O–H groups in total. The minimum atomic E-state index is -0.129. The summed E-state index contributed by atoms with van der Waals surface area (Å²) in [5.41, 5.74) is 1.25. The Morgan fingerprint density at radius 2 is 2.00 bits per heavy atom. The van der Waals surface area contributed by atoms with Crippen molar-refractivity contribution >= 4 is 11.7 Å². The first kappa shape index (κ1) is 15.3. The molecule has 2 rings (SSSR count). The Hall–Kier alpha value is -2.14. The molecule has 2 unspecified atom stereocenters. The Labute approximate surface area is 124 Å². The van der Waals surface area contributed by atoms with Gasteiger partial charge in [-0.1, -0.05) is 42.4 Å². The van der Waals surface area contributed by atoms with Crippen LogP contribution in [-0.2, 0) is 4.79 Å². The van der Waals surface area contributed by atoms with Gasteiger partial charge in [0.2, 0.25) is 5.91 Å². The minimum Gasteiger partial charge on any atom is -0.360 e. The van der Waals surface area contributed by atoms with Crippen LogP contribution in [0.3, 0.4) is 0 Å². The molecule has 2 atom stereocenters. The van der Waals surface area contributed by atoms with E-state index in [1.54, 1.807) is 13.0 Å². The van der Waals surface area contributed by atoms with E-state index in [9.17, 15) is 4.79 Å². The third kappa shape index (κ3) is 4.43. The molecule has 1 aromatic carbocycles. The van der Waals surface area contributed by atoms with Gasteiger partial charge in [-0.15, -0.1) is 0 Å². The van der Waals surface area contributed by atoms with Crippen LogP contribution in [0.25, 0.3) is 0 Å². The molecule has 112 valence electrons. The number of nitrogens with one attached hydrogen (secondary N) is 2. The second-order valence-corrected chi connectivity index (χ2v) is 5.24. The highest BCUT2D eigenvalue weighted by Gasteiger charge is 2.15. The van der Waals surface area contributed by atoms with Crippen LogP contribution in [0, 0.1) is 6.92 Å². The van der Waals surface area contributed by atoms with Crippen molar-refractivity contribution in [2.24, 2.45) is 0 Å². The van der Waals surface area contributed by atoms with Crippen LogP contribution in [0.1, 0.15) is 31.1 Å². The highest BCUT2D eigenvalue weighted by Crippen LogP contribution is 2.18. The maximum Gasteiger partial charge on any atom is 0.239 e. The van der Waals surface area contributed by atoms with Gasteiger partial charge in [-0.2, -0.15) is 0 Å². The van der Waals surface area contributed by atoms with E-state index >= 15 is 0 Å². The predicted octanol–water partition coefficient (Wildman–Crippen LogP) is 2.70. The lowest BCUT2D eigenvalue weighted by atomic mass is 9.94. The van der Waals surface area contributed by atoms with Crippen molar-refractivity contribution in [3.05, 3.63) is 47.7 Å². The summed E-state index contributed by atoms with van der Waals surface area (Å²) in [5.74, 6) is 1.32. The minimum absolute atomic E-state index is 0.129. The third-order valence-electron chi connectivity index (χ3n) is 3.56. The molecule has 1 heterocycles. The number of aromatic nitrogens is 1. The van der Waals surface area contributed by atoms with E-state index in [1.807, 2.05) is 18.2 Å². The molecule has 0 fully saturated rings. The van der Waals surface area contributed by atoms with Crippen molar-refractivity contribution in [3.63, 3.8) is 0 Å². The lowest BCUT2D eigenvalue weighted by Crippen LogP contribution is -2.37. The standard InChI is InChI=1S/C16H21N3O2/c1-11-9-15(19-21-11)18-16(20)10-17-13(3)12(2)14-7-5-4-6-8-14/h4-9,12-13,17H,10H2,1-3H3,(H,18,19,20). The molecule has 0 spiro atoms. The number of hydrogen-bond donors (Lipinski definition) is 2. The van der Waals surface area contributed by atoms with Gasteiger partial charge in [0, 0.05) is 12.1 Å². The molecule has 0 saturated heterocycles. The van der Waals surface area contributed by atoms with Crippen LogP contribution in [0.5, 0.6) is 0 Å². The third-order valence-corrected chi connectivity index (χ3v) is 3.56. The molecule has 0 saturated carbocycles. The van der Waals surface area contributed by atoms with E-state index in [0.29, 0.717) is 17.5 Å². The molecular formula is C16H21N3O2. The first-order valence-electron chi connectivity index (χ1n) is 7.07. The fourth-order valence-corrected chi connectivity index (χ4v) is 2.09. The molecule has 1 amide bonds. The molecule has 0 aliphatic carbocycles. The molecule has 21 heavy (non-hydrogen) atoms. The number of anilines is 1. The summed E-state index contributed by atoms with van der Waals surface area (Å²) in [7, 11) is 0. The Morgan fingerprint density at radius 1 is 1.29 bits per heavy atom. The summed E-state index contributed by atoms with van der Waals surface area (Å²) in [6.45, 7) is 6.24. The number of aryl methyl sites for hydroxylation is 1. The van der Waals surface area contributed by atoms with Crippen molar-refractivity contribution < 1.29 is 9.32 Å². The Morgan fingerprint density at radius 3 is 2.62 bits per heavy atom. The van der Waals surface area contributed by atoms with E-state index < -0.39 is 0 Å². The van der Waals surface area contributed by atoms with E-state index in [2.05, 4.69) is 41.8 Å². The van der Waals surface area contributed by atoms with Crippen LogP contribution in [-0.4, -0.2) is 23.7 Å². The number of hydrogen-bond acceptors (Lipinski definition) is 4. The van der Waals surface area contributed by atoms with Crippen LogP contribution in [0.2, 0.25) is 0 Å². The summed E-state index contributed by atoms with van der Waals surface area (Å²) >= 11 is 0. The van der Waals surface area contributed by atoms with Gasteiger partial charge in [-0.25, -0.2) is 0 Å². The zero-order valence-electron chi connectivity index (χ0n) is 12.6. The van der Waals surface area contributed by atoms with Gasteiger partial charge in [0.1, 0.15) is 5.76 Å². The van der Waals surface area contributed by atoms with E-state index in [1.165, 1.54) is 5.56 Å². The predicted molar refractivity (Wildman–Crippen MR) is 82.2 cm³/mol. The first-order valence-corrected chi connectivity index (χ1v) is 7.07. The van der Waals surface area contributed by atoms with E-state index in [4.69, 9.17) is 4.52 Å². The van der Waals surface area contributed by atoms with Gasteiger partial charge < -0.3 is 15.2 Å².